The van der Waals surface area contributed by atoms with Crippen molar-refractivity contribution in [3.05, 3.63) is 29.8 Å². The lowest BCUT2D eigenvalue weighted by Crippen LogP contribution is -2.32. The highest BCUT2D eigenvalue weighted by atomic mass is 16.4. The van der Waals surface area contributed by atoms with Crippen molar-refractivity contribution in [1.29, 1.82) is 0 Å². The van der Waals surface area contributed by atoms with E-state index in [-0.39, 0.29) is 12.0 Å². The van der Waals surface area contributed by atoms with Crippen molar-refractivity contribution < 1.29 is 14.7 Å². The molecule has 18 heavy (non-hydrogen) atoms. The summed E-state index contributed by atoms with van der Waals surface area (Å²) < 4.78 is 0. The number of carboxylic acids is 1. The molecule has 0 spiro atoms. The Hall–Kier alpha value is -2.04. The molecular formula is C13H16N2O3. The average molecular weight is 248 g/mol. The summed E-state index contributed by atoms with van der Waals surface area (Å²) in [4.78, 5) is 24.1. The van der Waals surface area contributed by atoms with Crippen molar-refractivity contribution in [2.24, 2.45) is 11.7 Å². The molecule has 1 heterocycles. The van der Waals surface area contributed by atoms with Gasteiger partial charge in [0.1, 0.15) is 0 Å². The maximum absolute atomic E-state index is 11.0. The molecule has 1 aliphatic rings. The Balaban J connectivity index is 2.18. The van der Waals surface area contributed by atoms with Gasteiger partial charge in [0, 0.05) is 23.8 Å². The number of hydrogen-bond donors (Lipinski definition) is 2. The van der Waals surface area contributed by atoms with Crippen molar-refractivity contribution in [3.63, 3.8) is 0 Å². The molecule has 1 aliphatic heterocycles. The minimum atomic E-state index is -0.751. The van der Waals surface area contributed by atoms with Crippen LogP contribution in [0.15, 0.2) is 24.3 Å². The van der Waals surface area contributed by atoms with Crippen LogP contribution >= 0.6 is 0 Å². The van der Waals surface area contributed by atoms with Crippen LogP contribution in [0.5, 0.6) is 0 Å². The standard InChI is InChI=1S/C13H16N2O3/c1-8-11(13(17)18)6-7-15(8)10-4-2-9(3-5-10)12(14)16/h2-5,8,11H,6-7H2,1H3,(H2,14,16)(H,17,18). The Morgan fingerprint density at radius 2 is 1.94 bits per heavy atom. The fraction of sp³-hybridized carbons (Fsp3) is 0.385. The number of hydrogen-bond acceptors (Lipinski definition) is 3. The fourth-order valence-corrected chi connectivity index (χ4v) is 2.45. The molecule has 0 radical (unpaired) electrons. The lowest BCUT2D eigenvalue weighted by Gasteiger charge is -2.25. The largest absolute Gasteiger partial charge is 0.481 e. The van der Waals surface area contributed by atoms with E-state index in [1.165, 1.54) is 0 Å². The minimum Gasteiger partial charge on any atom is -0.481 e. The Bertz CT molecular complexity index is 470. The number of carbonyl (C=O) groups is 2. The van der Waals surface area contributed by atoms with Gasteiger partial charge in [0.15, 0.2) is 0 Å². The van der Waals surface area contributed by atoms with Crippen LogP contribution in [-0.2, 0) is 4.79 Å². The number of carboxylic acid groups (broad SMARTS) is 1. The first-order chi connectivity index (χ1) is 8.50. The van der Waals surface area contributed by atoms with Gasteiger partial charge in [0.2, 0.25) is 5.91 Å². The molecule has 1 saturated heterocycles. The number of benzene rings is 1. The van der Waals surface area contributed by atoms with Gasteiger partial charge < -0.3 is 15.7 Å². The first-order valence-corrected chi connectivity index (χ1v) is 5.90. The molecule has 5 heteroatoms. The molecule has 3 N–H and O–H groups in total. The maximum atomic E-state index is 11.0. The summed E-state index contributed by atoms with van der Waals surface area (Å²) in [5.41, 5.74) is 6.56. The summed E-state index contributed by atoms with van der Waals surface area (Å²) in [6, 6.07) is 6.90. The zero-order valence-electron chi connectivity index (χ0n) is 10.2. The van der Waals surface area contributed by atoms with Crippen molar-refractivity contribution in [2.45, 2.75) is 19.4 Å². The lowest BCUT2D eigenvalue weighted by atomic mass is 10.0. The Kier molecular flexibility index (Phi) is 3.23. The van der Waals surface area contributed by atoms with Gasteiger partial charge in [-0.2, -0.15) is 0 Å². The van der Waals surface area contributed by atoms with Gasteiger partial charge in [0.25, 0.3) is 0 Å². The van der Waals surface area contributed by atoms with E-state index in [0.29, 0.717) is 18.5 Å². The van der Waals surface area contributed by atoms with Crippen LogP contribution < -0.4 is 10.6 Å². The van der Waals surface area contributed by atoms with E-state index >= 15 is 0 Å². The van der Waals surface area contributed by atoms with E-state index in [2.05, 4.69) is 0 Å². The number of nitrogens with two attached hydrogens (primary N) is 1. The summed E-state index contributed by atoms with van der Waals surface area (Å²) in [5, 5.41) is 9.08. The molecular weight excluding hydrogens is 232 g/mol. The summed E-state index contributed by atoms with van der Waals surface area (Å²) in [6.07, 6.45) is 0.647. The van der Waals surface area contributed by atoms with Crippen LogP contribution in [0.3, 0.4) is 0 Å². The molecule has 2 atom stereocenters. The van der Waals surface area contributed by atoms with E-state index in [1.54, 1.807) is 24.3 Å². The van der Waals surface area contributed by atoms with Crippen molar-refractivity contribution in [3.8, 4) is 0 Å². The second-order valence-electron chi connectivity index (χ2n) is 4.58. The summed E-state index contributed by atoms with van der Waals surface area (Å²) in [7, 11) is 0. The predicted molar refractivity (Wildman–Crippen MR) is 67.5 cm³/mol. The molecule has 2 rings (SSSR count). The number of aliphatic carboxylic acids is 1. The van der Waals surface area contributed by atoms with Crippen molar-refractivity contribution in [1.82, 2.24) is 0 Å². The average Bonchev–Trinajstić information content (AvgIpc) is 2.71. The van der Waals surface area contributed by atoms with Gasteiger partial charge >= 0.3 is 5.97 Å². The van der Waals surface area contributed by atoms with Crippen LogP contribution in [0, 0.1) is 5.92 Å². The monoisotopic (exact) mass is 248 g/mol. The number of anilines is 1. The Morgan fingerprint density at radius 3 is 2.39 bits per heavy atom. The fourth-order valence-electron chi connectivity index (χ4n) is 2.45. The van der Waals surface area contributed by atoms with E-state index in [9.17, 15) is 9.59 Å². The minimum absolute atomic E-state index is 0.0399. The number of rotatable bonds is 3. The van der Waals surface area contributed by atoms with Crippen molar-refractivity contribution in [2.75, 3.05) is 11.4 Å². The van der Waals surface area contributed by atoms with E-state index in [4.69, 9.17) is 10.8 Å². The quantitative estimate of drug-likeness (QED) is 0.838. The number of nitrogens with zero attached hydrogens (tertiary/aromatic N) is 1. The van der Waals surface area contributed by atoms with Crippen LogP contribution in [0.2, 0.25) is 0 Å². The Morgan fingerprint density at radius 1 is 1.33 bits per heavy atom. The second-order valence-corrected chi connectivity index (χ2v) is 4.58. The topological polar surface area (TPSA) is 83.6 Å². The number of carbonyl (C=O) groups excluding carboxylic acids is 1. The third-order valence-corrected chi connectivity index (χ3v) is 3.56. The normalized spacial score (nSPS) is 23.1. The highest BCUT2D eigenvalue weighted by Crippen LogP contribution is 2.29. The second kappa shape index (κ2) is 4.68. The van der Waals surface area contributed by atoms with Crippen LogP contribution in [-0.4, -0.2) is 29.6 Å². The zero-order valence-corrected chi connectivity index (χ0v) is 10.2. The van der Waals surface area contributed by atoms with Gasteiger partial charge in [-0.1, -0.05) is 0 Å². The van der Waals surface area contributed by atoms with Crippen molar-refractivity contribution >= 4 is 17.6 Å². The Labute approximate surface area is 105 Å². The summed E-state index contributed by atoms with van der Waals surface area (Å²) in [6.45, 7) is 2.63. The van der Waals surface area contributed by atoms with Gasteiger partial charge in [-0.25, -0.2) is 0 Å². The maximum Gasteiger partial charge on any atom is 0.308 e. The molecule has 1 aromatic carbocycles. The highest BCUT2D eigenvalue weighted by Gasteiger charge is 2.35. The van der Waals surface area contributed by atoms with Crippen LogP contribution in [0.1, 0.15) is 23.7 Å². The molecule has 1 aromatic rings. The van der Waals surface area contributed by atoms with Gasteiger partial charge in [-0.15, -0.1) is 0 Å². The van der Waals surface area contributed by atoms with Gasteiger partial charge in [-0.05, 0) is 37.6 Å². The van der Waals surface area contributed by atoms with Gasteiger partial charge in [0.05, 0.1) is 5.92 Å². The molecule has 0 saturated carbocycles. The molecule has 1 fully saturated rings. The zero-order chi connectivity index (χ0) is 13.3. The van der Waals surface area contributed by atoms with Crippen LogP contribution in [0.25, 0.3) is 0 Å². The first kappa shape index (κ1) is 12.4. The molecule has 0 aliphatic carbocycles. The van der Waals surface area contributed by atoms with E-state index < -0.39 is 11.9 Å². The third kappa shape index (κ3) is 2.16. The third-order valence-electron chi connectivity index (χ3n) is 3.56. The highest BCUT2D eigenvalue weighted by molar-refractivity contribution is 5.93. The SMILES string of the molecule is CC1C(C(=O)O)CCN1c1ccc(C(N)=O)cc1. The van der Waals surface area contributed by atoms with Gasteiger partial charge in [-0.3, -0.25) is 9.59 Å². The molecule has 5 nitrogen and oxygen atoms in total. The number of primary amides is 1. The molecule has 0 bridgehead atoms. The summed E-state index contributed by atoms with van der Waals surface area (Å²) in [5.74, 6) is -1.54. The van der Waals surface area contributed by atoms with E-state index in [0.717, 1.165) is 5.69 Å². The molecule has 0 aromatic heterocycles. The summed E-state index contributed by atoms with van der Waals surface area (Å²) >= 11 is 0. The smallest absolute Gasteiger partial charge is 0.308 e. The first-order valence-electron chi connectivity index (χ1n) is 5.90. The van der Waals surface area contributed by atoms with Crippen LogP contribution in [0.4, 0.5) is 5.69 Å². The molecule has 96 valence electrons. The van der Waals surface area contributed by atoms with E-state index in [1.807, 2.05) is 11.8 Å². The lowest BCUT2D eigenvalue weighted by molar-refractivity contribution is -0.141. The number of amides is 1. The molecule has 1 amide bonds. The predicted octanol–water partition coefficient (Wildman–Crippen LogP) is 1.08. The molecule has 2 unspecified atom stereocenters.